The molecule has 1 aromatic carbocycles. The summed E-state index contributed by atoms with van der Waals surface area (Å²) in [6.07, 6.45) is 0.535. The van der Waals surface area contributed by atoms with Gasteiger partial charge < -0.3 is 15.4 Å². The molecular weight excluding hydrogens is 349 g/mol. The molecule has 0 radical (unpaired) electrons. The molecule has 1 heterocycles. The number of ether oxygens (including phenoxy) is 1. The van der Waals surface area contributed by atoms with Gasteiger partial charge in [0.15, 0.2) is 0 Å². The second-order valence-electron chi connectivity index (χ2n) is 5.07. The number of para-hydroxylation sites is 1. The first-order chi connectivity index (χ1) is 11.7. The maximum absolute atomic E-state index is 13.9. The first-order valence-corrected chi connectivity index (χ1v) is 7.86. The summed E-state index contributed by atoms with van der Waals surface area (Å²) in [7, 11) is 1.63. The van der Waals surface area contributed by atoms with Crippen molar-refractivity contribution in [2.45, 2.75) is 13.3 Å². The number of aromatic nitrogens is 3. The van der Waals surface area contributed by atoms with E-state index in [1.165, 1.54) is 10.7 Å². The Morgan fingerprint density at radius 3 is 2.72 bits per heavy atom. The van der Waals surface area contributed by atoms with E-state index in [0.29, 0.717) is 38.5 Å². The standard InChI is InChI=1S/C16H22FN5O2.ClH/c1-3-14-20-15(16(23)19-9-8-18-10-11-24-2)21-22(14)13-7-5-4-6-12(13)17;/h4-7,18H,3,8-11H2,1-2H3,(H,19,23);1H. The van der Waals surface area contributed by atoms with Crippen molar-refractivity contribution in [3.8, 4) is 5.69 Å². The van der Waals surface area contributed by atoms with Gasteiger partial charge in [0.25, 0.3) is 5.91 Å². The highest BCUT2D eigenvalue weighted by molar-refractivity contribution is 5.90. The van der Waals surface area contributed by atoms with Gasteiger partial charge in [-0.2, -0.15) is 0 Å². The predicted octanol–water partition coefficient (Wildman–Crippen LogP) is 1.36. The van der Waals surface area contributed by atoms with E-state index in [0.717, 1.165) is 0 Å². The van der Waals surface area contributed by atoms with Crippen molar-refractivity contribution in [3.63, 3.8) is 0 Å². The lowest BCUT2D eigenvalue weighted by Crippen LogP contribution is -2.33. The van der Waals surface area contributed by atoms with Gasteiger partial charge in [-0.05, 0) is 12.1 Å². The fourth-order valence-corrected chi connectivity index (χ4v) is 2.13. The molecule has 0 spiro atoms. The Kier molecular flexibility index (Phi) is 9.04. The SMILES string of the molecule is CCc1nc(C(=O)NCCNCCOC)nn1-c1ccccc1F.Cl. The summed E-state index contributed by atoms with van der Waals surface area (Å²) < 4.78 is 20.2. The molecule has 2 aromatic rings. The zero-order valence-electron chi connectivity index (χ0n) is 14.3. The van der Waals surface area contributed by atoms with Gasteiger partial charge >= 0.3 is 0 Å². The molecule has 0 saturated heterocycles. The van der Waals surface area contributed by atoms with Crippen LogP contribution in [0.5, 0.6) is 0 Å². The Hall–Kier alpha value is -2.03. The van der Waals surface area contributed by atoms with Crippen LogP contribution in [0.4, 0.5) is 4.39 Å². The molecule has 2 rings (SSSR count). The minimum absolute atomic E-state index is 0. The smallest absolute Gasteiger partial charge is 0.291 e. The largest absolute Gasteiger partial charge is 0.383 e. The molecule has 138 valence electrons. The highest BCUT2D eigenvalue weighted by atomic mass is 35.5. The molecule has 0 saturated carbocycles. The fraction of sp³-hybridized carbons (Fsp3) is 0.438. The first kappa shape index (κ1) is 21.0. The number of halogens is 2. The summed E-state index contributed by atoms with van der Waals surface area (Å²) in [6.45, 7) is 4.26. The summed E-state index contributed by atoms with van der Waals surface area (Å²) in [5, 5.41) is 10.0. The van der Waals surface area contributed by atoms with Crippen molar-refractivity contribution in [2.24, 2.45) is 0 Å². The lowest BCUT2D eigenvalue weighted by molar-refractivity contribution is 0.0943. The van der Waals surface area contributed by atoms with Crippen molar-refractivity contribution < 1.29 is 13.9 Å². The number of nitrogens with zero attached hydrogens (tertiary/aromatic N) is 3. The van der Waals surface area contributed by atoms with E-state index >= 15 is 0 Å². The van der Waals surface area contributed by atoms with Crippen molar-refractivity contribution >= 4 is 18.3 Å². The Morgan fingerprint density at radius 2 is 2.04 bits per heavy atom. The first-order valence-electron chi connectivity index (χ1n) is 7.86. The quantitative estimate of drug-likeness (QED) is 0.650. The van der Waals surface area contributed by atoms with E-state index in [2.05, 4.69) is 20.7 Å². The van der Waals surface area contributed by atoms with Crippen LogP contribution in [0.3, 0.4) is 0 Å². The highest BCUT2D eigenvalue weighted by Crippen LogP contribution is 2.14. The van der Waals surface area contributed by atoms with Crippen LogP contribution in [0, 0.1) is 5.82 Å². The lowest BCUT2D eigenvalue weighted by atomic mass is 10.3. The van der Waals surface area contributed by atoms with E-state index in [9.17, 15) is 9.18 Å². The van der Waals surface area contributed by atoms with Crippen LogP contribution >= 0.6 is 12.4 Å². The van der Waals surface area contributed by atoms with Crippen LogP contribution in [0.1, 0.15) is 23.4 Å². The third-order valence-electron chi connectivity index (χ3n) is 3.34. The molecular formula is C16H23ClFN5O2. The van der Waals surface area contributed by atoms with E-state index in [4.69, 9.17) is 4.74 Å². The predicted molar refractivity (Wildman–Crippen MR) is 95.0 cm³/mol. The molecule has 1 amide bonds. The molecule has 0 aliphatic carbocycles. The van der Waals surface area contributed by atoms with E-state index in [1.807, 2.05) is 6.92 Å². The molecule has 25 heavy (non-hydrogen) atoms. The molecule has 2 N–H and O–H groups in total. The molecule has 9 heteroatoms. The van der Waals surface area contributed by atoms with Gasteiger partial charge in [-0.25, -0.2) is 14.1 Å². The number of benzene rings is 1. The number of methoxy groups -OCH3 is 1. The number of carbonyl (C=O) groups excluding carboxylic acids is 1. The Labute approximate surface area is 152 Å². The van der Waals surface area contributed by atoms with Gasteiger partial charge in [0.05, 0.1) is 6.61 Å². The van der Waals surface area contributed by atoms with Crippen LogP contribution in [0.15, 0.2) is 24.3 Å². The zero-order valence-corrected chi connectivity index (χ0v) is 15.1. The van der Waals surface area contributed by atoms with E-state index in [1.54, 1.807) is 25.3 Å². The summed E-state index contributed by atoms with van der Waals surface area (Å²) in [4.78, 5) is 16.3. The Bertz CT molecular complexity index is 680. The van der Waals surface area contributed by atoms with Crippen LogP contribution < -0.4 is 10.6 Å². The minimum Gasteiger partial charge on any atom is -0.383 e. The summed E-state index contributed by atoms with van der Waals surface area (Å²) in [5.41, 5.74) is 0.280. The fourth-order valence-electron chi connectivity index (χ4n) is 2.13. The van der Waals surface area contributed by atoms with Gasteiger partial charge in [0.1, 0.15) is 17.3 Å². The average Bonchev–Trinajstić information content (AvgIpc) is 3.02. The summed E-state index contributed by atoms with van der Waals surface area (Å²) >= 11 is 0. The number of nitrogens with one attached hydrogen (secondary N) is 2. The Balaban J connectivity index is 0.00000312. The molecule has 0 fully saturated rings. The summed E-state index contributed by atoms with van der Waals surface area (Å²) in [5.74, 6) is -0.227. The van der Waals surface area contributed by atoms with Gasteiger partial charge in [-0.1, -0.05) is 19.1 Å². The highest BCUT2D eigenvalue weighted by Gasteiger charge is 2.17. The number of rotatable bonds is 9. The van der Waals surface area contributed by atoms with Crippen molar-refractivity contribution in [2.75, 3.05) is 33.4 Å². The van der Waals surface area contributed by atoms with E-state index in [-0.39, 0.29) is 29.8 Å². The monoisotopic (exact) mass is 371 g/mol. The third kappa shape index (κ3) is 5.77. The van der Waals surface area contributed by atoms with E-state index < -0.39 is 5.82 Å². The van der Waals surface area contributed by atoms with Gasteiger partial charge in [0.2, 0.25) is 5.82 Å². The second kappa shape index (κ2) is 10.8. The average molecular weight is 372 g/mol. The molecule has 0 aliphatic rings. The molecule has 0 aliphatic heterocycles. The summed E-state index contributed by atoms with van der Waals surface area (Å²) in [6, 6.07) is 6.27. The van der Waals surface area contributed by atoms with Crippen LogP contribution in [-0.4, -0.2) is 54.0 Å². The topological polar surface area (TPSA) is 81.1 Å². The molecule has 0 unspecified atom stereocenters. The van der Waals surface area contributed by atoms with Crippen molar-refractivity contribution in [3.05, 3.63) is 41.7 Å². The van der Waals surface area contributed by atoms with Crippen molar-refractivity contribution in [1.82, 2.24) is 25.4 Å². The number of hydrogen-bond acceptors (Lipinski definition) is 5. The zero-order chi connectivity index (χ0) is 17.4. The maximum atomic E-state index is 13.9. The second-order valence-corrected chi connectivity index (χ2v) is 5.07. The Morgan fingerprint density at radius 1 is 1.28 bits per heavy atom. The van der Waals surface area contributed by atoms with Gasteiger partial charge in [-0.3, -0.25) is 4.79 Å². The molecule has 0 bridgehead atoms. The van der Waals surface area contributed by atoms with Crippen LogP contribution in [-0.2, 0) is 11.2 Å². The van der Waals surface area contributed by atoms with Crippen LogP contribution in [0.2, 0.25) is 0 Å². The lowest BCUT2D eigenvalue weighted by Gasteiger charge is -2.05. The third-order valence-corrected chi connectivity index (χ3v) is 3.34. The van der Waals surface area contributed by atoms with Crippen molar-refractivity contribution in [1.29, 1.82) is 0 Å². The molecule has 0 atom stereocenters. The number of hydrogen-bond donors (Lipinski definition) is 2. The van der Waals surface area contributed by atoms with Gasteiger partial charge in [0, 0.05) is 33.2 Å². The normalized spacial score (nSPS) is 10.4. The molecule has 1 aromatic heterocycles. The maximum Gasteiger partial charge on any atom is 0.291 e. The van der Waals surface area contributed by atoms with Crippen LogP contribution in [0.25, 0.3) is 5.69 Å². The number of carbonyl (C=O) groups is 1. The number of amides is 1. The minimum atomic E-state index is -0.411. The molecule has 7 nitrogen and oxygen atoms in total. The number of aryl methyl sites for hydroxylation is 1. The van der Waals surface area contributed by atoms with Gasteiger partial charge in [-0.15, -0.1) is 17.5 Å².